The molecule has 1 saturated heterocycles. The van der Waals surface area contributed by atoms with Crippen molar-refractivity contribution in [1.82, 2.24) is 10.2 Å². The lowest BCUT2D eigenvalue weighted by Gasteiger charge is -2.15. The number of amides is 2. The SMILES string of the molecule is Cl.N[C@@H]1CCN(C(=O)CCCNC(=O)c2ccsc2)C1. The summed E-state index contributed by atoms with van der Waals surface area (Å²) < 4.78 is 0. The minimum absolute atomic E-state index is 0. The predicted molar refractivity (Wildman–Crippen MR) is 82.3 cm³/mol. The molecule has 5 nitrogen and oxygen atoms in total. The molecule has 0 radical (unpaired) electrons. The normalized spacial score (nSPS) is 17.6. The average Bonchev–Trinajstić information content (AvgIpc) is 3.04. The third-order valence-corrected chi connectivity index (χ3v) is 3.90. The Kier molecular flexibility index (Phi) is 6.98. The van der Waals surface area contributed by atoms with E-state index < -0.39 is 0 Å². The monoisotopic (exact) mass is 317 g/mol. The maximum atomic E-state index is 11.8. The van der Waals surface area contributed by atoms with Crippen molar-refractivity contribution in [3.63, 3.8) is 0 Å². The molecule has 2 rings (SSSR count). The summed E-state index contributed by atoms with van der Waals surface area (Å²) in [6, 6.07) is 1.92. The lowest BCUT2D eigenvalue weighted by Crippen LogP contribution is -2.32. The Bertz CT molecular complexity index is 439. The Hall–Kier alpha value is -1.11. The molecule has 2 amide bonds. The van der Waals surface area contributed by atoms with Crippen LogP contribution in [0.1, 0.15) is 29.6 Å². The van der Waals surface area contributed by atoms with Crippen molar-refractivity contribution in [2.75, 3.05) is 19.6 Å². The van der Waals surface area contributed by atoms with E-state index in [-0.39, 0.29) is 30.3 Å². The third kappa shape index (κ3) is 4.77. The van der Waals surface area contributed by atoms with Crippen LogP contribution in [0.25, 0.3) is 0 Å². The lowest BCUT2D eigenvalue weighted by atomic mass is 10.2. The largest absolute Gasteiger partial charge is 0.352 e. The summed E-state index contributed by atoms with van der Waals surface area (Å²) in [5, 5.41) is 6.49. The van der Waals surface area contributed by atoms with E-state index in [1.165, 1.54) is 11.3 Å². The van der Waals surface area contributed by atoms with Crippen molar-refractivity contribution >= 4 is 35.6 Å². The lowest BCUT2D eigenvalue weighted by molar-refractivity contribution is -0.130. The van der Waals surface area contributed by atoms with Crippen LogP contribution in [-0.4, -0.2) is 42.4 Å². The molecule has 20 heavy (non-hydrogen) atoms. The first-order valence-electron chi connectivity index (χ1n) is 6.50. The zero-order valence-corrected chi connectivity index (χ0v) is 12.8. The van der Waals surface area contributed by atoms with E-state index >= 15 is 0 Å². The summed E-state index contributed by atoms with van der Waals surface area (Å²) in [6.45, 7) is 1.96. The van der Waals surface area contributed by atoms with Crippen LogP contribution in [0.3, 0.4) is 0 Å². The van der Waals surface area contributed by atoms with E-state index in [4.69, 9.17) is 5.73 Å². The van der Waals surface area contributed by atoms with E-state index in [2.05, 4.69) is 5.32 Å². The fourth-order valence-corrected chi connectivity index (χ4v) is 2.75. The Labute approximate surface area is 128 Å². The summed E-state index contributed by atoms with van der Waals surface area (Å²) in [5.41, 5.74) is 6.44. The van der Waals surface area contributed by atoms with Gasteiger partial charge in [0, 0.05) is 43.0 Å². The Morgan fingerprint density at radius 1 is 1.50 bits per heavy atom. The third-order valence-electron chi connectivity index (χ3n) is 3.21. The smallest absolute Gasteiger partial charge is 0.252 e. The van der Waals surface area contributed by atoms with Crippen LogP contribution in [0.4, 0.5) is 0 Å². The Balaban J connectivity index is 0.00000200. The number of hydrogen-bond acceptors (Lipinski definition) is 4. The second kappa shape index (κ2) is 8.24. The van der Waals surface area contributed by atoms with Gasteiger partial charge in [0.2, 0.25) is 5.91 Å². The number of rotatable bonds is 5. The van der Waals surface area contributed by atoms with Crippen molar-refractivity contribution in [1.29, 1.82) is 0 Å². The highest BCUT2D eigenvalue weighted by Crippen LogP contribution is 2.09. The number of carbonyl (C=O) groups excluding carboxylic acids is 2. The van der Waals surface area contributed by atoms with Gasteiger partial charge in [-0.2, -0.15) is 11.3 Å². The van der Waals surface area contributed by atoms with Gasteiger partial charge in [0.15, 0.2) is 0 Å². The molecule has 0 unspecified atom stereocenters. The predicted octanol–water partition coefficient (Wildman–Crippen LogP) is 1.24. The molecule has 1 atom stereocenters. The molecule has 3 N–H and O–H groups in total. The summed E-state index contributed by atoms with van der Waals surface area (Å²) in [7, 11) is 0. The van der Waals surface area contributed by atoms with Crippen LogP contribution < -0.4 is 11.1 Å². The van der Waals surface area contributed by atoms with Crippen LogP contribution in [0.2, 0.25) is 0 Å². The minimum atomic E-state index is -0.0723. The number of carbonyl (C=O) groups is 2. The second-order valence-electron chi connectivity index (χ2n) is 4.76. The highest BCUT2D eigenvalue weighted by atomic mass is 35.5. The van der Waals surface area contributed by atoms with Gasteiger partial charge in [-0.25, -0.2) is 0 Å². The number of thiophene rings is 1. The fourth-order valence-electron chi connectivity index (χ4n) is 2.11. The summed E-state index contributed by atoms with van der Waals surface area (Å²) in [4.78, 5) is 25.3. The van der Waals surface area contributed by atoms with Crippen LogP contribution in [0.5, 0.6) is 0 Å². The van der Waals surface area contributed by atoms with Gasteiger partial charge < -0.3 is 16.0 Å². The molecule has 0 aromatic carbocycles. The van der Waals surface area contributed by atoms with Crippen molar-refractivity contribution < 1.29 is 9.59 Å². The molecule has 0 bridgehead atoms. The number of nitrogens with two attached hydrogens (primary N) is 1. The Morgan fingerprint density at radius 3 is 2.90 bits per heavy atom. The van der Waals surface area contributed by atoms with Crippen molar-refractivity contribution in [2.24, 2.45) is 5.73 Å². The fraction of sp³-hybridized carbons (Fsp3) is 0.538. The zero-order valence-electron chi connectivity index (χ0n) is 11.2. The number of nitrogens with zero attached hydrogens (tertiary/aromatic N) is 1. The molecule has 112 valence electrons. The van der Waals surface area contributed by atoms with Crippen molar-refractivity contribution in [3.8, 4) is 0 Å². The number of halogens is 1. The molecule has 1 aromatic rings. The molecule has 1 fully saturated rings. The molecule has 0 spiro atoms. The molecule has 0 aliphatic carbocycles. The van der Waals surface area contributed by atoms with Gasteiger partial charge in [0.25, 0.3) is 5.91 Å². The minimum Gasteiger partial charge on any atom is -0.352 e. The van der Waals surface area contributed by atoms with Gasteiger partial charge in [-0.05, 0) is 24.3 Å². The van der Waals surface area contributed by atoms with Crippen molar-refractivity contribution in [3.05, 3.63) is 22.4 Å². The summed E-state index contributed by atoms with van der Waals surface area (Å²) in [5.74, 6) is 0.0645. The number of hydrogen-bond donors (Lipinski definition) is 2. The average molecular weight is 318 g/mol. The quantitative estimate of drug-likeness (QED) is 0.802. The first kappa shape index (κ1) is 16.9. The van der Waals surface area contributed by atoms with E-state index in [1.807, 2.05) is 15.7 Å². The van der Waals surface area contributed by atoms with Gasteiger partial charge >= 0.3 is 0 Å². The standard InChI is InChI=1S/C13H19N3O2S.ClH/c14-11-3-6-16(8-11)12(17)2-1-5-15-13(18)10-4-7-19-9-10;/h4,7,9,11H,1-3,5-6,8,14H2,(H,15,18);1H/t11-;/m1./s1. The molecular weight excluding hydrogens is 298 g/mol. The first-order chi connectivity index (χ1) is 9.16. The van der Waals surface area contributed by atoms with Crippen LogP contribution in [0.15, 0.2) is 16.8 Å². The molecule has 7 heteroatoms. The van der Waals surface area contributed by atoms with Crippen LogP contribution >= 0.6 is 23.7 Å². The van der Waals surface area contributed by atoms with Gasteiger partial charge in [-0.1, -0.05) is 0 Å². The highest BCUT2D eigenvalue weighted by Gasteiger charge is 2.22. The summed E-state index contributed by atoms with van der Waals surface area (Å²) >= 11 is 1.50. The molecule has 1 aromatic heterocycles. The second-order valence-corrected chi connectivity index (χ2v) is 5.54. The van der Waals surface area contributed by atoms with E-state index in [9.17, 15) is 9.59 Å². The maximum Gasteiger partial charge on any atom is 0.252 e. The van der Waals surface area contributed by atoms with Crippen LogP contribution in [0, 0.1) is 0 Å². The molecule has 2 heterocycles. The Morgan fingerprint density at radius 2 is 2.30 bits per heavy atom. The van der Waals surface area contributed by atoms with Gasteiger partial charge in [-0.15, -0.1) is 12.4 Å². The van der Waals surface area contributed by atoms with E-state index in [0.29, 0.717) is 31.5 Å². The summed E-state index contributed by atoms with van der Waals surface area (Å²) in [6.07, 6.45) is 2.03. The number of likely N-dealkylation sites (tertiary alicyclic amines) is 1. The van der Waals surface area contributed by atoms with Crippen molar-refractivity contribution in [2.45, 2.75) is 25.3 Å². The molecule has 1 aliphatic heterocycles. The zero-order chi connectivity index (χ0) is 13.7. The molecular formula is C13H20ClN3O2S. The van der Waals surface area contributed by atoms with Crippen LogP contribution in [-0.2, 0) is 4.79 Å². The highest BCUT2D eigenvalue weighted by molar-refractivity contribution is 7.08. The van der Waals surface area contributed by atoms with Gasteiger partial charge in [-0.3, -0.25) is 9.59 Å². The van der Waals surface area contributed by atoms with Gasteiger partial charge in [0.05, 0.1) is 0 Å². The topological polar surface area (TPSA) is 75.4 Å². The number of nitrogens with one attached hydrogen (secondary N) is 1. The van der Waals surface area contributed by atoms with E-state index in [0.717, 1.165) is 13.0 Å². The van der Waals surface area contributed by atoms with Gasteiger partial charge in [0.1, 0.15) is 0 Å². The molecule has 0 saturated carbocycles. The first-order valence-corrected chi connectivity index (χ1v) is 7.45. The molecule has 1 aliphatic rings. The van der Waals surface area contributed by atoms with E-state index in [1.54, 1.807) is 6.07 Å². The maximum absolute atomic E-state index is 11.8.